The van der Waals surface area contributed by atoms with Crippen LogP contribution >= 0.6 is 0 Å². The number of benzene rings is 2. The van der Waals surface area contributed by atoms with Gasteiger partial charge in [-0.25, -0.2) is 0 Å². The van der Waals surface area contributed by atoms with E-state index in [9.17, 15) is 9.59 Å². The second kappa shape index (κ2) is 7.82. The second-order valence-electron chi connectivity index (χ2n) is 7.04. The highest BCUT2D eigenvalue weighted by atomic mass is 16.5. The molecule has 0 spiro atoms. The van der Waals surface area contributed by atoms with E-state index in [1.54, 1.807) is 11.9 Å². The maximum Gasteiger partial charge on any atom is 0.257 e. The van der Waals surface area contributed by atoms with Gasteiger partial charge in [0.05, 0.1) is 12.2 Å². The zero-order chi connectivity index (χ0) is 19.6. The van der Waals surface area contributed by atoms with Gasteiger partial charge in [0.1, 0.15) is 5.75 Å². The first-order valence-electron chi connectivity index (χ1n) is 9.24. The third-order valence-corrected chi connectivity index (χ3v) is 5.25. The Kier molecular flexibility index (Phi) is 5.49. The summed E-state index contributed by atoms with van der Waals surface area (Å²) in [6, 6.07) is 9.54. The molecule has 0 aliphatic carbocycles. The van der Waals surface area contributed by atoms with Crippen molar-refractivity contribution in [2.45, 2.75) is 26.7 Å². The van der Waals surface area contributed by atoms with Gasteiger partial charge in [0.25, 0.3) is 11.8 Å². The number of rotatable bonds is 3. The zero-order valence-electron chi connectivity index (χ0n) is 16.4. The van der Waals surface area contributed by atoms with Crippen molar-refractivity contribution in [3.05, 3.63) is 63.7 Å². The molecular weight excluding hydrogens is 340 g/mol. The smallest absolute Gasteiger partial charge is 0.257 e. The molecule has 1 aliphatic heterocycles. The van der Waals surface area contributed by atoms with Crippen LogP contribution in [0.15, 0.2) is 30.3 Å². The van der Waals surface area contributed by atoms with Gasteiger partial charge in [0, 0.05) is 27.6 Å². The van der Waals surface area contributed by atoms with Gasteiger partial charge >= 0.3 is 0 Å². The predicted octanol–water partition coefficient (Wildman–Crippen LogP) is 3.35. The number of ether oxygens (including phenoxy) is 1. The summed E-state index contributed by atoms with van der Waals surface area (Å²) >= 11 is 0. The number of fused-ring (bicyclic) bond motifs is 1. The molecule has 27 heavy (non-hydrogen) atoms. The Labute approximate surface area is 161 Å². The molecule has 1 aliphatic rings. The van der Waals surface area contributed by atoms with Gasteiger partial charge in [-0.3, -0.25) is 9.59 Å². The van der Waals surface area contributed by atoms with E-state index < -0.39 is 0 Å². The lowest BCUT2D eigenvalue weighted by atomic mass is 9.92. The Balaban J connectivity index is 0.00000280. The summed E-state index contributed by atoms with van der Waals surface area (Å²) in [7, 11) is 3.46. The first kappa shape index (κ1) is 19.0. The minimum absolute atomic E-state index is 0. The molecule has 1 N–H and O–H groups in total. The first-order chi connectivity index (χ1) is 12.9. The highest BCUT2D eigenvalue weighted by Gasteiger charge is 2.23. The number of amides is 2. The van der Waals surface area contributed by atoms with E-state index in [4.69, 9.17) is 4.74 Å². The SMILES string of the molecule is CNC(=O)c1ccc(Cc2cc3c(c(C)c2C)OCCCN(C)C3=O)cc1.[HH]. The van der Waals surface area contributed by atoms with E-state index in [-0.39, 0.29) is 13.2 Å². The van der Waals surface area contributed by atoms with Gasteiger partial charge in [-0.1, -0.05) is 12.1 Å². The van der Waals surface area contributed by atoms with E-state index >= 15 is 0 Å². The van der Waals surface area contributed by atoms with Crippen LogP contribution in [0.5, 0.6) is 5.75 Å². The number of carbonyl (C=O) groups is 2. The monoisotopic (exact) mass is 368 g/mol. The van der Waals surface area contributed by atoms with Crippen molar-refractivity contribution in [1.82, 2.24) is 10.2 Å². The van der Waals surface area contributed by atoms with E-state index in [0.29, 0.717) is 36.4 Å². The third kappa shape index (κ3) is 3.82. The van der Waals surface area contributed by atoms with Crippen molar-refractivity contribution < 1.29 is 15.8 Å². The maximum atomic E-state index is 12.8. The average molecular weight is 368 g/mol. The number of carbonyl (C=O) groups excluding carboxylic acids is 2. The lowest BCUT2D eigenvalue weighted by molar-refractivity contribution is 0.0768. The van der Waals surface area contributed by atoms with E-state index in [1.807, 2.05) is 44.3 Å². The van der Waals surface area contributed by atoms with Crippen LogP contribution in [0, 0.1) is 13.8 Å². The van der Waals surface area contributed by atoms with Crippen LogP contribution in [-0.4, -0.2) is 44.0 Å². The molecule has 5 heteroatoms. The van der Waals surface area contributed by atoms with Crippen molar-refractivity contribution in [3.8, 4) is 5.75 Å². The summed E-state index contributed by atoms with van der Waals surface area (Å²) in [5.41, 5.74) is 5.63. The van der Waals surface area contributed by atoms with E-state index in [1.165, 1.54) is 0 Å². The summed E-state index contributed by atoms with van der Waals surface area (Å²) in [5, 5.41) is 2.63. The van der Waals surface area contributed by atoms with Crippen molar-refractivity contribution in [2.75, 3.05) is 27.2 Å². The fraction of sp³-hybridized carbons (Fsp3) is 0.364. The van der Waals surface area contributed by atoms with Crippen LogP contribution in [0.2, 0.25) is 0 Å². The standard InChI is InChI=1S/C22H26N2O3.H2/c1-14-15(2)20-19(22(26)24(4)10-5-11-27-20)13-18(14)12-16-6-8-17(9-7-16)21(25)23-3;/h6-9,13H,5,10-12H2,1-4H3,(H,23,25);1H. The van der Waals surface area contributed by atoms with Gasteiger partial charge in [0.15, 0.2) is 0 Å². The predicted molar refractivity (Wildman–Crippen MR) is 108 cm³/mol. The van der Waals surface area contributed by atoms with Crippen LogP contribution in [0.1, 0.15) is 50.8 Å². The molecule has 2 aromatic carbocycles. The molecule has 0 saturated heterocycles. The van der Waals surface area contributed by atoms with Crippen molar-refractivity contribution in [1.29, 1.82) is 0 Å². The molecule has 0 unspecified atom stereocenters. The zero-order valence-corrected chi connectivity index (χ0v) is 16.4. The third-order valence-electron chi connectivity index (χ3n) is 5.25. The topological polar surface area (TPSA) is 58.6 Å². The molecule has 1 heterocycles. The highest BCUT2D eigenvalue weighted by molar-refractivity contribution is 5.98. The molecule has 5 nitrogen and oxygen atoms in total. The summed E-state index contributed by atoms with van der Waals surface area (Å²) in [5.74, 6) is 0.618. The Morgan fingerprint density at radius 1 is 1.22 bits per heavy atom. The minimum Gasteiger partial charge on any atom is -0.492 e. The summed E-state index contributed by atoms with van der Waals surface area (Å²) in [4.78, 5) is 26.3. The lowest BCUT2D eigenvalue weighted by Crippen LogP contribution is -2.31. The lowest BCUT2D eigenvalue weighted by Gasteiger charge is -2.25. The molecule has 0 aromatic heterocycles. The molecule has 2 amide bonds. The van der Waals surface area contributed by atoms with Gasteiger partial charge in [-0.05, 0) is 67.1 Å². The van der Waals surface area contributed by atoms with Crippen molar-refractivity contribution in [3.63, 3.8) is 0 Å². The Morgan fingerprint density at radius 2 is 1.93 bits per heavy atom. The van der Waals surface area contributed by atoms with Gasteiger partial charge in [-0.2, -0.15) is 0 Å². The Bertz CT molecular complexity index is 878. The number of hydrogen-bond donors (Lipinski definition) is 1. The van der Waals surface area contributed by atoms with Crippen LogP contribution < -0.4 is 10.1 Å². The van der Waals surface area contributed by atoms with E-state index in [0.717, 1.165) is 28.7 Å². The van der Waals surface area contributed by atoms with Gasteiger partial charge in [0.2, 0.25) is 0 Å². The number of nitrogens with one attached hydrogen (secondary N) is 1. The molecule has 0 saturated carbocycles. The summed E-state index contributed by atoms with van der Waals surface area (Å²) < 4.78 is 5.93. The van der Waals surface area contributed by atoms with Crippen LogP contribution in [0.25, 0.3) is 0 Å². The number of hydrogen-bond acceptors (Lipinski definition) is 3. The van der Waals surface area contributed by atoms with Gasteiger partial charge in [-0.15, -0.1) is 0 Å². The molecule has 2 aromatic rings. The Hall–Kier alpha value is -2.82. The minimum atomic E-state index is -0.0968. The fourth-order valence-electron chi connectivity index (χ4n) is 3.41. The van der Waals surface area contributed by atoms with E-state index in [2.05, 4.69) is 12.2 Å². The molecule has 0 radical (unpaired) electrons. The second-order valence-corrected chi connectivity index (χ2v) is 7.04. The van der Waals surface area contributed by atoms with Crippen LogP contribution in [0.4, 0.5) is 0 Å². The number of nitrogens with zero attached hydrogens (tertiary/aromatic N) is 1. The van der Waals surface area contributed by atoms with Crippen LogP contribution in [0.3, 0.4) is 0 Å². The Morgan fingerprint density at radius 3 is 2.59 bits per heavy atom. The summed E-state index contributed by atoms with van der Waals surface area (Å²) in [6.45, 7) is 5.40. The van der Waals surface area contributed by atoms with Crippen LogP contribution in [-0.2, 0) is 6.42 Å². The largest absolute Gasteiger partial charge is 0.492 e. The maximum absolute atomic E-state index is 12.8. The van der Waals surface area contributed by atoms with Crippen molar-refractivity contribution >= 4 is 11.8 Å². The molecular formula is C22H28N2O3. The normalized spacial score (nSPS) is 14.1. The first-order valence-corrected chi connectivity index (χ1v) is 9.24. The highest BCUT2D eigenvalue weighted by Crippen LogP contribution is 2.32. The fourth-order valence-corrected chi connectivity index (χ4v) is 3.41. The summed E-state index contributed by atoms with van der Waals surface area (Å²) in [6.07, 6.45) is 1.53. The van der Waals surface area contributed by atoms with Gasteiger partial charge < -0.3 is 15.0 Å². The molecule has 0 bridgehead atoms. The average Bonchev–Trinajstić information content (AvgIpc) is 2.68. The quantitative estimate of drug-likeness (QED) is 0.904. The van der Waals surface area contributed by atoms with Crippen molar-refractivity contribution in [2.24, 2.45) is 0 Å². The molecule has 0 fully saturated rings. The molecule has 144 valence electrons. The molecule has 0 atom stereocenters. The molecule has 3 rings (SSSR count).